The zero-order valence-corrected chi connectivity index (χ0v) is 22.2. The third kappa shape index (κ3) is 5.96. The molecule has 1 saturated heterocycles. The van der Waals surface area contributed by atoms with Gasteiger partial charge in [-0.25, -0.2) is 4.79 Å². The molecule has 4 rings (SSSR count). The van der Waals surface area contributed by atoms with Crippen molar-refractivity contribution in [3.63, 3.8) is 0 Å². The Morgan fingerprint density at radius 2 is 1.82 bits per heavy atom. The summed E-state index contributed by atoms with van der Waals surface area (Å²) in [6.07, 6.45) is 1.40. The number of nitrogens with one attached hydrogen (secondary N) is 1. The van der Waals surface area contributed by atoms with Crippen LogP contribution in [0, 0.1) is 0 Å². The first-order chi connectivity index (χ1) is 18.2. The predicted octanol–water partition coefficient (Wildman–Crippen LogP) is 5.50. The number of amides is 2. The van der Waals surface area contributed by atoms with Crippen molar-refractivity contribution in [2.45, 2.75) is 13.5 Å². The van der Waals surface area contributed by atoms with E-state index < -0.39 is 17.8 Å². The summed E-state index contributed by atoms with van der Waals surface area (Å²) in [5.41, 5.74) is 1.30. The summed E-state index contributed by atoms with van der Waals surface area (Å²) in [6.45, 7) is 2.38. The molecule has 3 aromatic rings. The van der Waals surface area contributed by atoms with E-state index in [0.29, 0.717) is 33.7 Å². The molecule has 0 radical (unpaired) electrons. The Balaban J connectivity index is 1.62. The summed E-state index contributed by atoms with van der Waals surface area (Å²) in [7, 11) is 0. The Morgan fingerprint density at radius 3 is 2.53 bits per heavy atom. The fourth-order valence-corrected chi connectivity index (χ4v) is 4.23. The lowest BCUT2D eigenvalue weighted by Crippen LogP contribution is -2.54. The second-order valence-corrected chi connectivity index (χ2v) is 9.19. The van der Waals surface area contributed by atoms with Crippen LogP contribution in [0.2, 0.25) is 10.0 Å². The minimum atomic E-state index is -1.16. The largest absolute Gasteiger partial charge is 0.490 e. The van der Waals surface area contributed by atoms with Crippen molar-refractivity contribution in [1.29, 1.82) is 0 Å². The molecule has 0 aliphatic carbocycles. The molecule has 3 aromatic carbocycles. The standard InChI is InChI=1S/C27H20Cl2N2O6S/c1-2-36-23-12-15(7-9-22(23)37-14-16-6-8-20(28)21(29)11-16)10-19-24(32)30-27(38)31(25(19)33)18-5-3-4-17(13-18)26(34)35/h3-13H,2,14H2,1H3,(H,34,35)(H,30,32,38). The minimum absolute atomic E-state index is 0.0293. The second kappa shape index (κ2) is 11.6. The maximum absolute atomic E-state index is 13.3. The van der Waals surface area contributed by atoms with E-state index in [9.17, 15) is 19.5 Å². The first-order valence-corrected chi connectivity index (χ1v) is 12.4. The second-order valence-electron chi connectivity index (χ2n) is 7.99. The minimum Gasteiger partial charge on any atom is -0.490 e. The fourth-order valence-electron chi connectivity index (χ4n) is 3.63. The molecule has 0 saturated carbocycles. The maximum atomic E-state index is 13.3. The van der Waals surface area contributed by atoms with Gasteiger partial charge in [-0.3, -0.25) is 19.8 Å². The summed E-state index contributed by atoms with van der Waals surface area (Å²) in [4.78, 5) is 38.4. The number of benzene rings is 3. The summed E-state index contributed by atoms with van der Waals surface area (Å²) in [5, 5.41) is 12.5. The molecule has 2 N–H and O–H groups in total. The average molecular weight is 571 g/mol. The molecule has 1 aliphatic heterocycles. The highest BCUT2D eigenvalue weighted by Gasteiger charge is 2.34. The Bertz CT molecular complexity index is 1490. The van der Waals surface area contributed by atoms with Crippen LogP contribution in [0.25, 0.3) is 6.08 Å². The van der Waals surface area contributed by atoms with Gasteiger partial charge in [0.15, 0.2) is 16.6 Å². The number of aromatic carboxylic acids is 1. The highest BCUT2D eigenvalue weighted by Crippen LogP contribution is 2.32. The quantitative estimate of drug-likeness (QED) is 0.209. The fraction of sp³-hybridized carbons (Fsp3) is 0.111. The summed E-state index contributed by atoms with van der Waals surface area (Å²) < 4.78 is 11.6. The van der Waals surface area contributed by atoms with E-state index in [1.165, 1.54) is 30.3 Å². The van der Waals surface area contributed by atoms with Crippen LogP contribution in [-0.4, -0.2) is 34.6 Å². The lowest BCUT2D eigenvalue weighted by molar-refractivity contribution is -0.122. The van der Waals surface area contributed by atoms with Crippen LogP contribution in [0.1, 0.15) is 28.4 Å². The molecule has 0 unspecified atom stereocenters. The van der Waals surface area contributed by atoms with Crippen molar-refractivity contribution in [1.82, 2.24) is 5.32 Å². The van der Waals surface area contributed by atoms with Crippen molar-refractivity contribution >= 4 is 70.1 Å². The van der Waals surface area contributed by atoms with Gasteiger partial charge < -0.3 is 14.6 Å². The molecule has 11 heteroatoms. The van der Waals surface area contributed by atoms with Gasteiger partial charge in [-0.05, 0) is 78.8 Å². The van der Waals surface area contributed by atoms with Gasteiger partial charge in [0.2, 0.25) is 0 Å². The van der Waals surface area contributed by atoms with Gasteiger partial charge in [-0.2, -0.15) is 0 Å². The van der Waals surface area contributed by atoms with Crippen LogP contribution in [0.15, 0.2) is 66.2 Å². The van der Waals surface area contributed by atoms with Crippen LogP contribution >= 0.6 is 35.4 Å². The number of carbonyl (C=O) groups excluding carboxylic acids is 2. The topological polar surface area (TPSA) is 105 Å². The summed E-state index contributed by atoms with van der Waals surface area (Å²) in [5.74, 6) is -1.67. The highest BCUT2D eigenvalue weighted by molar-refractivity contribution is 7.80. The first kappa shape index (κ1) is 27.1. The van der Waals surface area contributed by atoms with Crippen LogP contribution in [0.4, 0.5) is 5.69 Å². The monoisotopic (exact) mass is 570 g/mol. The summed E-state index contributed by atoms with van der Waals surface area (Å²) >= 11 is 17.2. The number of thiocarbonyl (C=S) groups is 1. The molecule has 1 heterocycles. The molecule has 0 spiro atoms. The molecule has 0 atom stereocenters. The van der Waals surface area contributed by atoms with E-state index in [1.54, 1.807) is 36.4 Å². The summed E-state index contributed by atoms with van der Waals surface area (Å²) in [6, 6.07) is 15.9. The van der Waals surface area contributed by atoms with Gasteiger partial charge in [0.05, 0.1) is 27.9 Å². The predicted molar refractivity (Wildman–Crippen MR) is 148 cm³/mol. The van der Waals surface area contributed by atoms with Gasteiger partial charge in [0.1, 0.15) is 12.2 Å². The smallest absolute Gasteiger partial charge is 0.335 e. The molecule has 1 fully saturated rings. The zero-order chi connectivity index (χ0) is 27.4. The maximum Gasteiger partial charge on any atom is 0.335 e. The Labute approximate surface area is 233 Å². The molecule has 1 aliphatic rings. The van der Waals surface area contributed by atoms with Gasteiger partial charge >= 0.3 is 5.97 Å². The number of carboxylic acid groups (broad SMARTS) is 1. The molecule has 194 valence electrons. The van der Waals surface area contributed by atoms with E-state index in [-0.39, 0.29) is 28.5 Å². The van der Waals surface area contributed by atoms with Crippen LogP contribution in [0.5, 0.6) is 11.5 Å². The highest BCUT2D eigenvalue weighted by atomic mass is 35.5. The van der Waals surface area contributed by atoms with Crippen LogP contribution in [0.3, 0.4) is 0 Å². The molecular formula is C27H20Cl2N2O6S. The number of carboxylic acids is 1. The molecule has 8 nitrogen and oxygen atoms in total. The molecule has 0 bridgehead atoms. The van der Waals surface area contributed by atoms with Gasteiger partial charge in [-0.1, -0.05) is 41.4 Å². The number of ether oxygens (including phenoxy) is 2. The van der Waals surface area contributed by atoms with Crippen molar-refractivity contribution in [2.75, 3.05) is 11.5 Å². The number of halogens is 2. The number of nitrogens with zero attached hydrogens (tertiary/aromatic N) is 1. The molecular weight excluding hydrogens is 551 g/mol. The van der Waals surface area contributed by atoms with Crippen LogP contribution in [-0.2, 0) is 16.2 Å². The van der Waals surface area contributed by atoms with Gasteiger partial charge in [0.25, 0.3) is 11.8 Å². The Morgan fingerprint density at radius 1 is 1.03 bits per heavy atom. The van der Waals surface area contributed by atoms with E-state index in [0.717, 1.165) is 10.5 Å². The normalized spacial score (nSPS) is 14.4. The van der Waals surface area contributed by atoms with Crippen molar-refractivity contribution in [3.8, 4) is 11.5 Å². The van der Waals surface area contributed by atoms with E-state index >= 15 is 0 Å². The number of hydrogen-bond donors (Lipinski definition) is 2. The molecule has 38 heavy (non-hydrogen) atoms. The zero-order valence-electron chi connectivity index (χ0n) is 19.9. The van der Waals surface area contributed by atoms with Crippen molar-refractivity contribution in [3.05, 3.63) is 93.0 Å². The van der Waals surface area contributed by atoms with E-state index in [1.807, 2.05) is 6.92 Å². The van der Waals surface area contributed by atoms with Crippen molar-refractivity contribution < 1.29 is 29.0 Å². The third-order valence-corrected chi connectivity index (χ3v) is 6.43. The Kier molecular flexibility index (Phi) is 8.31. The number of carbonyl (C=O) groups is 3. The Hall–Kier alpha value is -3.92. The van der Waals surface area contributed by atoms with E-state index in [4.69, 9.17) is 44.9 Å². The van der Waals surface area contributed by atoms with E-state index in [2.05, 4.69) is 5.32 Å². The third-order valence-electron chi connectivity index (χ3n) is 5.41. The van der Waals surface area contributed by atoms with Crippen LogP contribution < -0.4 is 19.7 Å². The van der Waals surface area contributed by atoms with Gasteiger partial charge in [-0.15, -0.1) is 0 Å². The number of anilines is 1. The van der Waals surface area contributed by atoms with Gasteiger partial charge in [0, 0.05) is 0 Å². The SMILES string of the molecule is CCOc1cc(C=C2C(=O)NC(=S)N(c3cccc(C(=O)O)c3)C2=O)ccc1OCc1ccc(Cl)c(Cl)c1. The number of rotatable bonds is 8. The lowest BCUT2D eigenvalue weighted by atomic mass is 10.1. The molecule has 0 aromatic heterocycles. The molecule has 2 amide bonds. The lowest BCUT2D eigenvalue weighted by Gasteiger charge is -2.29. The number of hydrogen-bond acceptors (Lipinski definition) is 6. The van der Waals surface area contributed by atoms with Crippen molar-refractivity contribution in [2.24, 2.45) is 0 Å². The average Bonchev–Trinajstić information content (AvgIpc) is 2.88. The first-order valence-electron chi connectivity index (χ1n) is 11.3.